The van der Waals surface area contributed by atoms with Crippen LogP contribution in [0.3, 0.4) is 0 Å². The second-order valence-corrected chi connectivity index (χ2v) is 5.01. The number of primary amides is 1. The van der Waals surface area contributed by atoms with E-state index in [2.05, 4.69) is 45.0 Å². The number of carbonyl (C=O) groups excluding carboxylic acids is 1. The molecule has 0 spiro atoms. The Bertz CT molecular complexity index is 354. The molecule has 0 aliphatic carbocycles. The van der Waals surface area contributed by atoms with E-state index in [-0.39, 0.29) is 11.8 Å². The maximum Gasteiger partial charge on any atom is 0.218 e. The van der Waals surface area contributed by atoms with Gasteiger partial charge in [-0.2, -0.15) is 0 Å². The number of carbonyl (C=O) groups is 1. The lowest BCUT2D eigenvalue weighted by Crippen LogP contribution is -2.18. The first-order valence-electron chi connectivity index (χ1n) is 6.41. The third kappa shape index (κ3) is 4.22. The first-order valence-corrected chi connectivity index (χ1v) is 6.41. The normalized spacial score (nSPS) is 12.7. The van der Waals surface area contributed by atoms with Gasteiger partial charge in [0.25, 0.3) is 0 Å². The monoisotopic (exact) mass is 233 g/mol. The Morgan fingerprint density at radius 1 is 1.24 bits per heavy atom. The fourth-order valence-electron chi connectivity index (χ4n) is 2.18. The van der Waals surface area contributed by atoms with Crippen molar-refractivity contribution in [1.82, 2.24) is 0 Å². The van der Waals surface area contributed by atoms with Crippen molar-refractivity contribution in [2.24, 2.45) is 11.7 Å². The Balaban J connectivity index is 2.83. The number of amides is 1. The molecule has 2 nitrogen and oxygen atoms in total. The van der Waals surface area contributed by atoms with Crippen LogP contribution in [0.1, 0.15) is 50.7 Å². The van der Waals surface area contributed by atoms with Crippen LogP contribution >= 0.6 is 0 Å². The van der Waals surface area contributed by atoms with Crippen molar-refractivity contribution in [1.29, 1.82) is 0 Å². The average Bonchev–Trinajstić information content (AvgIpc) is 2.27. The lowest BCUT2D eigenvalue weighted by molar-refractivity contribution is -0.118. The van der Waals surface area contributed by atoms with Crippen LogP contribution in [0.2, 0.25) is 0 Å². The Hall–Kier alpha value is -1.31. The van der Waals surface area contributed by atoms with Crippen molar-refractivity contribution in [3.8, 4) is 0 Å². The molecule has 0 aromatic heterocycles. The van der Waals surface area contributed by atoms with Crippen molar-refractivity contribution >= 4 is 5.91 Å². The standard InChI is InChI=1S/C15H23NO/c1-4-5-12-6-8-13(9-7-12)14(11(2)3)10-15(16)17/h6-9,11,14H,4-5,10H2,1-3H3,(H2,16,17). The van der Waals surface area contributed by atoms with Crippen LogP contribution < -0.4 is 5.73 Å². The molecule has 94 valence electrons. The molecule has 0 aliphatic heterocycles. The van der Waals surface area contributed by atoms with Crippen molar-refractivity contribution in [2.45, 2.75) is 46.0 Å². The molecule has 1 aromatic rings. The van der Waals surface area contributed by atoms with Gasteiger partial charge in [-0.05, 0) is 29.4 Å². The summed E-state index contributed by atoms with van der Waals surface area (Å²) in [7, 11) is 0. The Morgan fingerprint density at radius 2 is 1.82 bits per heavy atom. The number of nitrogens with two attached hydrogens (primary N) is 1. The summed E-state index contributed by atoms with van der Waals surface area (Å²) in [5.41, 5.74) is 7.89. The first-order chi connectivity index (χ1) is 8.04. The summed E-state index contributed by atoms with van der Waals surface area (Å²) in [4.78, 5) is 11.1. The maximum absolute atomic E-state index is 11.1. The highest BCUT2D eigenvalue weighted by molar-refractivity contribution is 5.74. The van der Waals surface area contributed by atoms with E-state index in [4.69, 9.17) is 5.73 Å². The zero-order valence-electron chi connectivity index (χ0n) is 11.1. The average molecular weight is 233 g/mol. The number of benzene rings is 1. The number of rotatable bonds is 6. The van der Waals surface area contributed by atoms with Crippen molar-refractivity contribution < 1.29 is 4.79 Å². The quantitative estimate of drug-likeness (QED) is 0.805. The predicted molar refractivity (Wildman–Crippen MR) is 71.8 cm³/mol. The Labute approximate surface area is 104 Å². The molecule has 0 saturated heterocycles. The minimum absolute atomic E-state index is 0.221. The number of hydrogen-bond acceptors (Lipinski definition) is 1. The van der Waals surface area contributed by atoms with E-state index in [1.54, 1.807) is 0 Å². The minimum atomic E-state index is -0.221. The van der Waals surface area contributed by atoms with E-state index in [0.717, 1.165) is 12.8 Å². The van der Waals surface area contributed by atoms with Gasteiger partial charge in [0.15, 0.2) is 0 Å². The lowest BCUT2D eigenvalue weighted by Gasteiger charge is -2.20. The third-order valence-electron chi connectivity index (χ3n) is 3.17. The lowest BCUT2D eigenvalue weighted by atomic mass is 9.85. The maximum atomic E-state index is 11.1. The van der Waals surface area contributed by atoms with Crippen LogP contribution in [0.25, 0.3) is 0 Å². The number of hydrogen-bond donors (Lipinski definition) is 1. The van der Waals surface area contributed by atoms with Crippen molar-refractivity contribution in [2.75, 3.05) is 0 Å². The molecule has 0 aliphatic rings. The highest BCUT2D eigenvalue weighted by atomic mass is 16.1. The predicted octanol–water partition coefficient (Wildman–Crippen LogP) is 3.25. The summed E-state index contributed by atoms with van der Waals surface area (Å²) in [6.45, 7) is 6.44. The highest BCUT2D eigenvalue weighted by Gasteiger charge is 2.17. The van der Waals surface area contributed by atoms with Gasteiger partial charge in [0.1, 0.15) is 0 Å². The molecule has 0 heterocycles. The van der Waals surface area contributed by atoms with E-state index in [0.29, 0.717) is 12.3 Å². The molecule has 1 atom stereocenters. The third-order valence-corrected chi connectivity index (χ3v) is 3.17. The molecule has 0 saturated carbocycles. The van der Waals surface area contributed by atoms with Gasteiger partial charge >= 0.3 is 0 Å². The van der Waals surface area contributed by atoms with Crippen LogP contribution in [0.4, 0.5) is 0 Å². The number of aryl methyl sites for hydroxylation is 1. The van der Waals surface area contributed by atoms with E-state index >= 15 is 0 Å². The molecule has 2 heteroatoms. The zero-order valence-corrected chi connectivity index (χ0v) is 11.1. The molecule has 0 radical (unpaired) electrons. The van der Waals surface area contributed by atoms with Gasteiger partial charge in [-0.1, -0.05) is 51.5 Å². The van der Waals surface area contributed by atoms with E-state index in [1.165, 1.54) is 11.1 Å². The van der Waals surface area contributed by atoms with Gasteiger partial charge in [-0.25, -0.2) is 0 Å². The summed E-state index contributed by atoms with van der Waals surface area (Å²) < 4.78 is 0. The topological polar surface area (TPSA) is 43.1 Å². The molecule has 0 bridgehead atoms. The molecule has 1 unspecified atom stereocenters. The van der Waals surface area contributed by atoms with Crippen LogP contribution in [0.15, 0.2) is 24.3 Å². The Kier molecular flexibility index (Phi) is 5.20. The molecular formula is C15H23NO. The van der Waals surface area contributed by atoms with Crippen molar-refractivity contribution in [3.63, 3.8) is 0 Å². The van der Waals surface area contributed by atoms with Gasteiger partial charge in [0.05, 0.1) is 0 Å². The zero-order chi connectivity index (χ0) is 12.8. The fraction of sp³-hybridized carbons (Fsp3) is 0.533. The first kappa shape index (κ1) is 13.8. The molecule has 1 aromatic carbocycles. The van der Waals surface area contributed by atoms with Gasteiger partial charge in [0.2, 0.25) is 5.91 Å². The SMILES string of the molecule is CCCc1ccc(C(CC(N)=O)C(C)C)cc1. The molecule has 2 N–H and O–H groups in total. The molecular weight excluding hydrogens is 210 g/mol. The second-order valence-electron chi connectivity index (χ2n) is 5.01. The van der Waals surface area contributed by atoms with Crippen LogP contribution in [0.5, 0.6) is 0 Å². The Morgan fingerprint density at radius 3 is 2.24 bits per heavy atom. The minimum Gasteiger partial charge on any atom is -0.370 e. The van der Waals surface area contributed by atoms with Crippen LogP contribution in [-0.4, -0.2) is 5.91 Å². The summed E-state index contributed by atoms with van der Waals surface area (Å²) >= 11 is 0. The molecule has 0 fully saturated rings. The van der Waals surface area contributed by atoms with Crippen LogP contribution in [-0.2, 0) is 11.2 Å². The molecule has 1 rings (SSSR count). The fourth-order valence-corrected chi connectivity index (χ4v) is 2.18. The largest absolute Gasteiger partial charge is 0.370 e. The molecule has 1 amide bonds. The van der Waals surface area contributed by atoms with Gasteiger partial charge in [-0.15, -0.1) is 0 Å². The van der Waals surface area contributed by atoms with E-state index in [9.17, 15) is 4.79 Å². The second kappa shape index (κ2) is 6.43. The molecule has 17 heavy (non-hydrogen) atoms. The summed E-state index contributed by atoms with van der Waals surface area (Å²) in [5, 5.41) is 0. The van der Waals surface area contributed by atoms with Crippen molar-refractivity contribution in [3.05, 3.63) is 35.4 Å². The summed E-state index contributed by atoms with van der Waals surface area (Å²) in [6, 6.07) is 8.60. The highest BCUT2D eigenvalue weighted by Crippen LogP contribution is 2.27. The van der Waals surface area contributed by atoms with Gasteiger partial charge in [-0.3, -0.25) is 4.79 Å². The van der Waals surface area contributed by atoms with Gasteiger partial charge < -0.3 is 5.73 Å². The smallest absolute Gasteiger partial charge is 0.218 e. The summed E-state index contributed by atoms with van der Waals surface area (Å²) in [6.07, 6.45) is 2.71. The van der Waals surface area contributed by atoms with Crippen LogP contribution in [0, 0.1) is 5.92 Å². The summed E-state index contributed by atoms with van der Waals surface area (Å²) in [5.74, 6) is 0.448. The van der Waals surface area contributed by atoms with E-state index < -0.39 is 0 Å². The van der Waals surface area contributed by atoms with E-state index in [1.807, 2.05) is 0 Å². The van der Waals surface area contributed by atoms with Gasteiger partial charge in [0, 0.05) is 6.42 Å².